The van der Waals surface area contributed by atoms with E-state index in [1.807, 2.05) is 37.3 Å². The van der Waals surface area contributed by atoms with Crippen LogP contribution in [-0.2, 0) is 11.3 Å². The van der Waals surface area contributed by atoms with E-state index in [0.717, 1.165) is 16.9 Å². The lowest BCUT2D eigenvalue weighted by molar-refractivity contribution is 0.0939. The summed E-state index contributed by atoms with van der Waals surface area (Å²) in [7, 11) is 1.65. The maximum atomic E-state index is 12.3. The molecule has 3 rings (SSSR count). The van der Waals surface area contributed by atoms with Gasteiger partial charge in [0.1, 0.15) is 0 Å². The molecule has 1 N–H and O–H groups in total. The number of hydrogen-bond donors (Lipinski definition) is 1. The minimum atomic E-state index is -0.129. The Hall–Kier alpha value is -2.53. The summed E-state index contributed by atoms with van der Waals surface area (Å²) in [6.07, 6.45) is 0. The lowest BCUT2D eigenvalue weighted by atomic mass is 10.1. The molecule has 0 aromatic heterocycles. The van der Waals surface area contributed by atoms with E-state index in [-0.39, 0.29) is 18.7 Å². The van der Waals surface area contributed by atoms with Gasteiger partial charge >= 0.3 is 0 Å². The van der Waals surface area contributed by atoms with Crippen LogP contribution in [-0.4, -0.2) is 19.8 Å². The second kappa shape index (κ2) is 6.71. The summed E-state index contributed by atoms with van der Waals surface area (Å²) in [6.45, 7) is 2.72. The van der Waals surface area contributed by atoms with Crippen LogP contribution < -0.4 is 14.8 Å². The lowest BCUT2D eigenvalue weighted by Gasteiger charge is -2.15. The van der Waals surface area contributed by atoms with Crippen LogP contribution in [0.15, 0.2) is 42.5 Å². The molecule has 2 aromatic rings. The summed E-state index contributed by atoms with van der Waals surface area (Å²) >= 11 is 0. The molecule has 120 valence electrons. The minimum absolute atomic E-state index is 0.112. The van der Waals surface area contributed by atoms with Gasteiger partial charge in [-0.2, -0.15) is 0 Å². The predicted molar refractivity (Wildman–Crippen MR) is 85.6 cm³/mol. The van der Waals surface area contributed by atoms with Gasteiger partial charge in [-0.25, -0.2) is 0 Å². The first-order valence-corrected chi connectivity index (χ1v) is 7.45. The Morgan fingerprint density at radius 1 is 1.17 bits per heavy atom. The van der Waals surface area contributed by atoms with Crippen molar-refractivity contribution < 1.29 is 19.0 Å². The first-order chi connectivity index (χ1) is 11.2. The molecule has 23 heavy (non-hydrogen) atoms. The molecule has 1 atom stereocenters. The van der Waals surface area contributed by atoms with Crippen LogP contribution in [0.1, 0.15) is 34.5 Å². The summed E-state index contributed by atoms with van der Waals surface area (Å²) in [5.74, 6) is 1.34. The third-order valence-corrected chi connectivity index (χ3v) is 3.77. The van der Waals surface area contributed by atoms with Crippen molar-refractivity contribution >= 4 is 5.91 Å². The lowest BCUT2D eigenvalue weighted by Crippen LogP contribution is -2.26. The molecule has 0 saturated carbocycles. The molecule has 0 spiro atoms. The fraction of sp³-hybridized carbons (Fsp3) is 0.278. The summed E-state index contributed by atoms with van der Waals surface area (Å²) in [5, 5.41) is 2.99. The number of carbonyl (C=O) groups excluding carboxylic acids is 1. The number of rotatable bonds is 5. The summed E-state index contributed by atoms with van der Waals surface area (Å²) < 4.78 is 15.7. The molecule has 1 amide bonds. The molecule has 0 radical (unpaired) electrons. The van der Waals surface area contributed by atoms with Crippen molar-refractivity contribution in [2.75, 3.05) is 13.9 Å². The highest BCUT2D eigenvalue weighted by Crippen LogP contribution is 2.34. The first-order valence-electron chi connectivity index (χ1n) is 7.45. The summed E-state index contributed by atoms with van der Waals surface area (Å²) in [4.78, 5) is 12.3. The van der Waals surface area contributed by atoms with Gasteiger partial charge in [-0.1, -0.05) is 18.2 Å². The molecule has 5 heteroatoms. The standard InChI is InChI=1S/C18H19NO4/c1-12(15-7-8-16-17(9-15)23-11-22-16)19-18(20)14-5-3-13(4-6-14)10-21-2/h3-9,12H,10-11H2,1-2H3,(H,19,20). The van der Waals surface area contributed by atoms with Gasteiger partial charge < -0.3 is 19.5 Å². The number of amides is 1. The van der Waals surface area contributed by atoms with Crippen LogP contribution in [0, 0.1) is 0 Å². The molecular formula is C18H19NO4. The zero-order valence-electron chi connectivity index (χ0n) is 13.2. The van der Waals surface area contributed by atoms with Crippen molar-refractivity contribution in [3.05, 3.63) is 59.2 Å². The number of methoxy groups -OCH3 is 1. The van der Waals surface area contributed by atoms with Gasteiger partial charge in [0.15, 0.2) is 11.5 Å². The zero-order chi connectivity index (χ0) is 16.2. The average molecular weight is 313 g/mol. The van der Waals surface area contributed by atoms with Crippen molar-refractivity contribution in [3.8, 4) is 11.5 Å². The molecule has 5 nitrogen and oxygen atoms in total. The number of ether oxygens (including phenoxy) is 3. The molecule has 1 unspecified atom stereocenters. The van der Waals surface area contributed by atoms with Crippen molar-refractivity contribution in [1.82, 2.24) is 5.32 Å². The first kappa shape index (κ1) is 15.4. The fourth-order valence-corrected chi connectivity index (χ4v) is 2.46. The Kier molecular flexibility index (Phi) is 4.48. The second-order valence-corrected chi connectivity index (χ2v) is 5.44. The maximum Gasteiger partial charge on any atom is 0.251 e. The monoisotopic (exact) mass is 313 g/mol. The quantitative estimate of drug-likeness (QED) is 0.922. The van der Waals surface area contributed by atoms with Gasteiger partial charge in [-0.05, 0) is 42.3 Å². The van der Waals surface area contributed by atoms with Gasteiger partial charge in [0, 0.05) is 12.7 Å². The van der Waals surface area contributed by atoms with E-state index in [4.69, 9.17) is 14.2 Å². The molecule has 0 aliphatic carbocycles. The van der Waals surface area contributed by atoms with Crippen LogP contribution >= 0.6 is 0 Å². The van der Waals surface area contributed by atoms with E-state index < -0.39 is 0 Å². The van der Waals surface area contributed by atoms with Crippen LogP contribution in [0.2, 0.25) is 0 Å². The topological polar surface area (TPSA) is 56.8 Å². The Balaban J connectivity index is 1.67. The molecule has 1 aliphatic rings. The van der Waals surface area contributed by atoms with Crippen molar-refractivity contribution in [2.24, 2.45) is 0 Å². The summed E-state index contributed by atoms with van der Waals surface area (Å²) in [5.41, 5.74) is 2.63. The van der Waals surface area contributed by atoms with E-state index in [9.17, 15) is 4.79 Å². The Morgan fingerprint density at radius 2 is 1.91 bits per heavy atom. The molecule has 1 aliphatic heterocycles. The highest BCUT2D eigenvalue weighted by molar-refractivity contribution is 5.94. The van der Waals surface area contributed by atoms with Crippen LogP contribution in [0.25, 0.3) is 0 Å². The number of fused-ring (bicyclic) bond motifs is 1. The van der Waals surface area contributed by atoms with E-state index in [0.29, 0.717) is 17.9 Å². The van der Waals surface area contributed by atoms with Gasteiger partial charge in [0.05, 0.1) is 12.6 Å². The normalized spacial score (nSPS) is 13.7. The van der Waals surface area contributed by atoms with Crippen LogP contribution in [0.5, 0.6) is 11.5 Å². The highest BCUT2D eigenvalue weighted by atomic mass is 16.7. The Bertz CT molecular complexity index is 697. The molecular weight excluding hydrogens is 294 g/mol. The van der Waals surface area contributed by atoms with Gasteiger partial charge in [0.2, 0.25) is 6.79 Å². The molecule has 0 bridgehead atoms. The predicted octanol–water partition coefficient (Wildman–Crippen LogP) is 3.05. The Labute approximate surface area is 135 Å². The van der Waals surface area contributed by atoms with E-state index in [1.54, 1.807) is 19.2 Å². The van der Waals surface area contributed by atoms with Gasteiger partial charge in [-0.15, -0.1) is 0 Å². The molecule has 0 saturated heterocycles. The zero-order valence-corrected chi connectivity index (χ0v) is 13.2. The maximum absolute atomic E-state index is 12.3. The summed E-state index contributed by atoms with van der Waals surface area (Å²) in [6, 6.07) is 12.9. The number of benzene rings is 2. The SMILES string of the molecule is COCc1ccc(C(=O)NC(C)c2ccc3c(c2)OCO3)cc1. The minimum Gasteiger partial charge on any atom is -0.454 e. The van der Waals surface area contributed by atoms with Crippen LogP contribution in [0.4, 0.5) is 0 Å². The van der Waals surface area contributed by atoms with Crippen molar-refractivity contribution in [3.63, 3.8) is 0 Å². The third-order valence-electron chi connectivity index (χ3n) is 3.77. The number of nitrogens with one attached hydrogen (secondary N) is 1. The highest BCUT2D eigenvalue weighted by Gasteiger charge is 2.17. The molecule has 2 aromatic carbocycles. The number of hydrogen-bond acceptors (Lipinski definition) is 4. The molecule has 0 fully saturated rings. The largest absolute Gasteiger partial charge is 0.454 e. The number of carbonyl (C=O) groups is 1. The van der Waals surface area contributed by atoms with E-state index >= 15 is 0 Å². The van der Waals surface area contributed by atoms with E-state index in [1.165, 1.54) is 0 Å². The second-order valence-electron chi connectivity index (χ2n) is 5.44. The molecule has 1 heterocycles. The van der Waals surface area contributed by atoms with E-state index in [2.05, 4.69) is 5.32 Å². The average Bonchev–Trinajstić information content (AvgIpc) is 3.03. The smallest absolute Gasteiger partial charge is 0.251 e. The third kappa shape index (κ3) is 3.46. The van der Waals surface area contributed by atoms with Gasteiger partial charge in [0.25, 0.3) is 5.91 Å². The fourth-order valence-electron chi connectivity index (χ4n) is 2.46. The van der Waals surface area contributed by atoms with Crippen molar-refractivity contribution in [2.45, 2.75) is 19.6 Å². The van der Waals surface area contributed by atoms with Crippen molar-refractivity contribution in [1.29, 1.82) is 0 Å². The van der Waals surface area contributed by atoms with Gasteiger partial charge in [-0.3, -0.25) is 4.79 Å². The van der Waals surface area contributed by atoms with Crippen LogP contribution in [0.3, 0.4) is 0 Å². The Morgan fingerprint density at radius 3 is 2.65 bits per heavy atom.